The average Bonchev–Trinajstić information content (AvgIpc) is 3.60. The van der Waals surface area contributed by atoms with Crippen LogP contribution < -0.4 is 4.89 Å². The molecule has 11 heteroatoms. The quantitative estimate of drug-likeness (QED) is 0.0220. The van der Waals surface area contributed by atoms with Gasteiger partial charge in [-0.05, 0) is 123 Å². The molecule has 4 aliphatic carbocycles. The Kier molecular flexibility index (Phi) is 23.6. The fourth-order valence-electron chi connectivity index (χ4n) is 12.4. The number of carbonyl (C=O) groups excluding carboxylic acids is 2. The summed E-state index contributed by atoms with van der Waals surface area (Å²) >= 11 is 0. The third kappa shape index (κ3) is 18.6. The van der Waals surface area contributed by atoms with E-state index in [-0.39, 0.29) is 31.2 Å². The Morgan fingerprint density at radius 1 is 0.831 bits per heavy atom. The third-order valence-corrected chi connectivity index (χ3v) is 17.3. The van der Waals surface area contributed by atoms with E-state index in [2.05, 4.69) is 59.8 Å². The number of phosphoric ester groups is 1. The van der Waals surface area contributed by atoms with Gasteiger partial charge in [-0.15, -0.1) is 0 Å². The van der Waals surface area contributed by atoms with Gasteiger partial charge in [-0.2, -0.15) is 0 Å². The number of allylic oxidation sites excluding steroid dienone is 3. The molecule has 0 spiro atoms. The van der Waals surface area contributed by atoms with Crippen molar-refractivity contribution in [1.82, 2.24) is 0 Å². The monoisotopic (exact) mass is 934 g/mol. The van der Waals surface area contributed by atoms with Crippen LogP contribution in [0.15, 0.2) is 23.8 Å². The van der Waals surface area contributed by atoms with Crippen LogP contribution in [-0.2, 0) is 32.6 Å². The number of hydrogen-bond acceptors (Lipinski definition) is 9. The number of unbranched alkanes of at least 4 members (excludes halogenated alkanes) is 11. The molecule has 2 unspecified atom stereocenters. The number of phosphoric acid groups is 1. The highest BCUT2D eigenvalue weighted by molar-refractivity contribution is 7.45. The van der Waals surface area contributed by atoms with Gasteiger partial charge in [0, 0.05) is 12.8 Å². The SMILES string of the molecule is CCCCCCCC/C=C/CCCCCCCC(=O)OCC(COP(=O)([O-])OCC[N+](C)(C)C)OC(=O)O[C@H]1CC[C@@]2(C)C(=CC[C@H]3[C@@H]4CC[C@H]([C@H](C)CCCC(C)C)[C@@]4(C)CC[C@@H]32)C1. The molecule has 0 saturated heterocycles. The van der Waals surface area contributed by atoms with Gasteiger partial charge in [-0.1, -0.05) is 136 Å². The number of carbonyl (C=O) groups is 2. The van der Waals surface area contributed by atoms with Crippen molar-refractivity contribution in [2.24, 2.45) is 46.3 Å². The standard InChI is InChI=1S/C54H96NO9P/c1-10-11-12-13-14-15-16-17-18-19-20-21-22-23-24-28-51(56)60-40-46(41-62-65(58,59)61-38-37-55(7,8)9)64-52(57)63-45-33-35-53(5)44(39-45)29-30-47-49-32-31-48(43(4)27-25-26-42(2)3)54(49,6)36-34-50(47)53/h17-18,29,42-43,45-50H,10-16,19-28,30-41H2,1-9H3/b18-17+/t43-,45+,46?,47+,48-,49+,50+,53+,54-/m1/s1. The lowest BCUT2D eigenvalue weighted by Crippen LogP contribution is -2.51. The predicted molar refractivity (Wildman–Crippen MR) is 261 cm³/mol. The van der Waals surface area contributed by atoms with Gasteiger partial charge in [0.1, 0.15) is 25.9 Å². The van der Waals surface area contributed by atoms with E-state index in [1.54, 1.807) is 0 Å². The summed E-state index contributed by atoms with van der Waals surface area (Å²) in [6, 6.07) is 0. The summed E-state index contributed by atoms with van der Waals surface area (Å²) in [6.07, 6.45) is 32.9. The van der Waals surface area contributed by atoms with Gasteiger partial charge < -0.3 is 32.6 Å². The Bertz CT molecular complexity index is 1530. The molecule has 10 atom stereocenters. The lowest BCUT2D eigenvalue weighted by Gasteiger charge is -2.58. The molecule has 0 aliphatic heterocycles. The molecule has 0 radical (unpaired) electrons. The van der Waals surface area contributed by atoms with E-state index in [0.29, 0.717) is 41.1 Å². The molecule has 4 rings (SSSR count). The van der Waals surface area contributed by atoms with Gasteiger partial charge >= 0.3 is 12.1 Å². The van der Waals surface area contributed by atoms with Crippen molar-refractivity contribution in [3.05, 3.63) is 23.8 Å². The summed E-state index contributed by atoms with van der Waals surface area (Å²) in [5.41, 5.74) is 1.94. The van der Waals surface area contributed by atoms with Gasteiger partial charge in [-0.25, -0.2) is 4.79 Å². The summed E-state index contributed by atoms with van der Waals surface area (Å²) in [7, 11) is 1.08. The summed E-state index contributed by atoms with van der Waals surface area (Å²) in [5, 5.41) is 0. The zero-order valence-electron chi connectivity index (χ0n) is 42.9. The average molecular weight is 934 g/mol. The van der Waals surface area contributed by atoms with Crippen molar-refractivity contribution in [2.75, 3.05) is 47.5 Å². The van der Waals surface area contributed by atoms with Gasteiger partial charge in [0.05, 0.1) is 27.7 Å². The number of fused-ring (bicyclic) bond motifs is 5. The zero-order valence-corrected chi connectivity index (χ0v) is 43.8. The molecule has 376 valence electrons. The van der Waals surface area contributed by atoms with E-state index in [9.17, 15) is 19.0 Å². The molecular formula is C54H96NO9P. The van der Waals surface area contributed by atoms with E-state index in [1.807, 2.05) is 21.1 Å². The highest BCUT2D eigenvalue weighted by atomic mass is 31.2. The molecule has 0 heterocycles. The van der Waals surface area contributed by atoms with Crippen molar-refractivity contribution >= 4 is 19.9 Å². The molecule has 3 fully saturated rings. The van der Waals surface area contributed by atoms with Crippen LogP contribution in [0, 0.1) is 46.3 Å². The molecule has 0 bridgehead atoms. The number of ether oxygens (including phenoxy) is 3. The summed E-state index contributed by atoms with van der Waals surface area (Å²) < 4.78 is 40.5. The maximum Gasteiger partial charge on any atom is 0.509 e. The first-order chi connectivity index (χ1) is 30.9. The van der Waals surface area contributed by atoms with Crippen molar-refractivity contribution < 1.29 is 46.8 Å². The van der Waals surface area contributed by atoms with Crippen LogP contribution in [0.2, 0.25) is 0 Å². The second-order valence-electron chi connectivity index (χ2n) is 22.9. The minimum Gasteiger partial charge on any atom is -0.756 e. The Hall–Kier alpha value is -1.71. The van der Waals surface area contributed by atoms with E-state index >= 15 is 0 Å². The molecule has 0 amide bonds. The van der Waals surface area contributed by atoms with Crippen LogP contribution in [0.5, 0.6) is 0 Å². The highest BCUT2D eigenvalue weighted by Gasteiger charge is 2.59. The molecule has 0 N–H and O–H groups in total. The number of hydrogen-bond donors (Lipinski definition) is 0. The molecule has 3 saturated carbocycles. The number of nitrogens with zero attached hydrogens (tertiary/aromatic N) is 1. The lowest BCUT2D eigenvalue weighted by atomic mass is 9.47. The second-order valence-corrected chi connectivity index (χ2v) is 24.3. The highest BCUT2D eigenvalue weighted by Crippen LogP contribution is 2.67. The van der Waals surface area contributed by atoms with Crippen LogP contribution in [0.25, 0.3) is 0 Å². The first-order valence-corrected chi connectivity index (χ1v) is 28.1. The topological polar surface area (TPSA) is 120 Å². The van der Waals surface area contributed by atoms with Gasteiger partial charge in [0.25, 0.3) is 7.82 Å². The van der Waals surface area contributed by atoms with Gasteiger partial charge in [0.2, 0.25) is 0 Å². The van der Waals surface area contributed by atoms with Crippen LogP contribution in [-0.4, -0.2) is 76.3 Å². The Balaban J connectivity index is 1.23. The Labute approximate surface area is 397 Å². The zero-order chi connectivity index (χ0) is 47.5. The molecular weight excluding hydrogens is 838 g/mol. The van der Waals surface area contributed by atoms with Gasteiger partial charge in [-0.3, -0.25) is 9.36 Å². The smallest absolute Gasteiger partial charge is 0.509 e. The molecule has 0 aromatic carbocycles. The number of rotatable bonds is 31. The minimum absolute atomic E-state index is 0.0564. The van der Waals surface area contributed by atoms with Gasteiger partial charge in [0.15, 0.2) is 6.10 Å². The van der Waals surface area contributed by atoms with E-state index in [1.165, 1.54) is 95.5 Å². The Morgan fingerprint density at radius 3 is 2.18 bits per heavy atom. The minimum atomic E-state index is -4.71. The molecule has 0 aromatic rings. The molecule has 0 aromatic heterocycles. The molecule has 65 heavy (non-hydrogen) atoms. The summed E-state index contributed by atoms with van der Waals surface area (Å²) in [6.45, 7) is 14.1. The van der Waals surface area contributed by atoms with Crippen LogP contribution >= 0.6 is 7.82 Å². The van der Waals surface area contributed by atoms with Crippen LogP contribution in [0.3, 0.4) is 0 Å². The normalized spacial score (nSPS) is 28.5. The van der Waals surface area contributed by atoms with Crippen molar-refractivity contribution in [3.8, 4) is 0 Å². The third-order valence-electron chi connectivity index (χ3n) is 16.3. The molecule has 10 nitrogen and oxygen atoms in total. The largest absolute Gasteiger partial charge is 0.756 e. The van der Waals surface area contributed by atoms with Crippen LogP contribution in [0.1, 0.15) is 202 Å². The maximum atomic E-state index is 13.4. The number of likely N-dealkylation sites (N-methyl/N-ethyl adjacent to an activating group) is 1. The lowest BCUT2D eigenvalue weighted by molar-refractivity contribution is -0.870. The Morgan fingerprint density at radius 2 is 1.51 bits per heavy atom. The summed E-state index contributed by atoms with van der Waals surface area (Å²) in [4.78, 5) is 38.8. The summed E-state index contributed by atoms with van der Waals surface area (Å²) in [5.74, 6) is 4.11. The predicted octanol–water partition coefficient (Wildman–Crippen LogP) is 13.7. The molecule has 4 aliphatic rings. The van der Waals surface area contributed by atoms with E-state index in [0.717, 1.165) is 75.0 Å². The van der Waals surface area contributed by atoms with Crippen LogP contribution in [0.4, 0.5) is 4.79 Å². The number of esters is 1. The second kappa shape index (κ2) is 27.5. The maximum absolute atomic E-state index is 13.4. The van der Waals surface area contributed by atoms with Crippen molar-refractivity contribution in [3.63, 3.8) is 0 Å². The van der Waals surface area contributed by atoms with Crippen molar-refractivity contribution in [1.29, 1.82) is 0 Å². The first-order valence-electron chi connectivity index (χ1n) is 26.6. The van der Waals surface area contributed by atoms with E-state index < -0.39 is 32.7 Å². The fraction of sp³-hybridized carbons (Fsp3) is 0.889. The number of quaternary nitrogens is 1. The fourth-order valence-corrected chi connectivity index (χ4v) is 13.1. The van der Waals surface area contributed by atoms with E-state index in [4.69, 9.17) is 23.3 Å². The first kappa shape index (κ1) is 55.9. The van der Waals surface area contributed by atoms with Crippen molar-refractivity contribution in [2.45, 2.75) is 214 Å².